The molecule has 0 radical (unpaired) electrons. The molecule has 0 aliphatic carbocycles. The Bertz CT molecular complexity index is 12.8. The minimum atomic E-state index is 0. The molecular formula is C3H9ClKN. The van der Waals surface area contributed by atoms with Crippen LogP contribution in [0.15, 0.2) is 0 Å². The van der Waals surface area contributed by atoms with Crippen LogP contribution in [-0.4, -0.2) is 6.54 Å². The Balaban J connectivity index is -0.0000000450. The summed E-state index contributed by atoms with van der Waals surface area (Å²) >= 11 is 0. The molecule has 34 valence electrons. The Morgan fingerprint density at radius 1 is 1.50 bits per heavy atom. The molecule has 0 saturated carbocycles. The van der Waals surface area contributed by atoms with Gasteiger partial charge in [-0.05, 0) is 6.54 Å². The van der Waals surface area contributed by atoms with E-state index < -0.39 is 0 Å². The third-order valence-electron chi connectivity index (χ3n) is 0.204. The van der Waals surface area contributed by atoms with Crippen molar-refractivity contribution < 1.29 is 51.4 Å². The van der Waals surface area contributed by atoms with E-state index in [1.165, 1.54) is 0 Å². The fourth-order valence-corrected chi connectivity index (χ4v) is 0. The molecule has 0 aromatic carbocycles. The minimum Gasteiger partial charge on any atom is -0.342 e. The zero-order chi connectivity index (χ0) is 3.41. The van der Waals surface area contributed by atoms with Crippen molar-refractivity contribution in [3.63, 3.8) is 0 Å². The monoisotopic (exact) mass is 133 g/mol. The molecule has 0 bridgehead atoms. The first kappa shape index (κ1) is 15.7. The summed E-state index contributed by atoms with van der Waals surface area (Å²) in [6.45, 7) is 4.19. The fraction of sp³-hybridized carbons (Fsp3) is 0.667. The number of halogens is 1. The zero-order valence-electron chi connectivity index (χ0n) is 4.11. The summed E-state index contributed by atoms with van der Waals surface area (Å²) in [5, 5.41) is 0. The SMILES string of the molecule is Cl.[CH2-]CCN.[K+]. The molecule has 0 rings (SSSR count). The maximum absolute atomic E-state index is 4.97. The van der Waals surface area contributed by atoms with Crippen LogP contribution in [0.4, 0.5) is 0 Å². The predicted molar refractivity (Wildman–Crippen MR) is 26.3 cm³/mol. The molecule has 0 heterocycles. The van der Waals surface area contributed by atoms with Crippen molar-refractivity contribution >= 4 is 12.4 Å². The first-order valence-corrected chi connectivity index (χ1v) is 1.41. The normalized spacial score (nSPS) is 5.00. The molecule has 0 aromatic rings. The van der Waals surface area contributed by atoms with Gasteiger partial charge in [0.25, 0.3) is 0 Å². The molecule has 0 unspecified atom stereocenters. The molecule has 0 spiro atoms. The Hall–Kier alpha value is 1.89. The number of nitrogens with two attached hydrogens (primary N) is 1. The van der Waals surface area contributed by atoms with Crippen LogP contribution in [0.3, 0.4) is 0 Å². The van der Waals surface area contributed by atoms with Gasteiger partial charge >= 0.3 is 51.4 Å². The smallest absolute Gasteiger partial charge is 0.342 e. The summed E-state index contributed by atoms with van der Waals surface area (Å²) in [6.07, 6.45) is 0.847. The van der Waals surface area contributed by atoms with Crippen molar-refractivity contribution in [1.29, 1.82) is 0 Å². The summed E-state index contributed by atoms with van der Waals surface area (Å²) in [7, 11) is 0. The van der Waals surface area contributed by atoms with Gasteiger partial charge in [-0.15, -0.1) is 12.4 Å². The van der Waals surface area contributed by atoms with E-state index in [1.54, 1.807) is 0 Å². The molecule has 2 N–H and O–H groups in total. The van der Waals surface area contributed by atoms with Crippen LogP contribution >= 0.6 is 12.4 Å². The first-order chi connectivity index (χ1) is 1.91. The van der Waals surface area contributed by atoms with Crippen molar-refractivity contribution in [2.45, 2.75) is 6.42 Å². The molecule has 0 aliphatic rings. The average Bonchev–Trinajstić information content (AvgIpc) is 1.37. The maximum atomic E-state index is 4.97. The molecule has 3 heteroatoms. The molecule has 1 nitrogen and oxygen atoms in total. The Labute approximate surface area is 87.9 Å². The number of hydrogen-bond acceptors (Lipinski definition) is 1. The van der Waals surface area contributed by atoms with E-state index >= 15 is 0 Å². The fourth-order valence-electron chi connectivity index (χ4n) is 0. The minimum absolute atomic E-state index is 0. The molecule has 0 amide bonds. The Morgan fingerprint density at radius 3 is 1.67 bits per heavy atom. The van der Waals surface area contributed by atoms with Gasteiger partial charge in [0.05, 0.1) is 0 Å². The number of hydrogen-bond donors (Lipinski definition) is 1. The van der Waals surface area contributed by atoms with Gasteiger partial charge in [-0.1, -0.05) is 0 Å². The molecule has 0 atom stereocenters. The van der Waals surface area contributed by atoms with Crippen molar-refractivity contribution in [2.24, 2.45) is 5.73 Å². The van der Waals surface area contributed by atoms with Gasteiger partial charge < -0.3 is 12.7 Å². The standard InChI is InChI=1S/C3H8N.ClH.K/c1-2-3-4;;/h1-4H2;1H;/q-1;;+1. The molecular weight excluding hydrogens is 125 g/mol. The van der Waals surface area contributed by atoms with Gasteiger partial charge in [0.2, 0.25) is 0 Å². The van der Waals surface area contributed by atoms with Gasteiger partial charge in [-0.3, -0.25) is 0 Å². The second-order valence-corrected chi connectivity index (χ2v) is 0.642. The van der Waals surface area contributed by atoms with Crippen molar-refractivity contribution in [2.75, 3.05) is 6.54 Å². The maximum Gasteiger partial charge on any atom is 1.00 e. The third-order valence-corrected chi connectivity index (χ3v) is 0.204. The van der Waals surface area contributed by atoms with E-state index in [9.17, 15) is 0 Å². The predicted octanol–water partition coefficient (Wildman–Crippen LogP) is -2.40. The Kier molecular flexibility index (Phi) is 41.2. The quantitative estimate of drug-likeness (QED) is 0.313. The second kappa shape index (κ2) is 15.8. The molecule has 0 saturated heterocycles. The van der Waals surface area contributed by atoms with E-state index in [1.807, 2.05) is 0 Å². The second-order valence-electron chi connectivity index (χ2n) is 0.642. The topological polar surface area (TPSA) is 26.0 Å². The van der Waals surface area contributed by atoms with Crippen LogP contribution in [0.1, 0.15) is 6.42 Å². The Morgan fingerprint density at radius 2 is 1.67 bits per heavy atom. The third kappa shape index (κ3) is 16.9. The summed E-state index contributed by atoms with van der Waals surface area (Å²) in [4.78, 5) is 0. The van der Waals surface area contributed by atoms with E-state index in [2.05, 4.69) is 6.92 Å². The van der Waals surface area contributed by atoms with Gasteiger partial charge in [0.1, 0.15) is 0 Å². The average molecular weight is 134 g/mol. The molecule has 6 heavy (non-hydrogen) atoms. The van der Waals surface area contributed by atoms with Crippen LogP contribution in [0.25, 0.3) is 0 Å². The van der Waals surface area contributed by atoms with Crippen LogP contribution in [0.5, 0.6) is 0 Å². The van der Waals surface area contributed by atoms with E-state index in [4.69, 9.17) is 5.73 Å². The molecule has 0 fully saturated rings. The van der Waals surface area contributed by atoms with Crippen LogP contribution in [0, 0.1) is 6.92 Å². The molecule has 0 aliphatic heterocycles. The van der Waals surface area contributed by atoms with Crippen LogP contribution < -0.4 is 57.1 Å². The number of rotatable bonds is 1. The van der Waals surface area contributed by atoms with Gasteiger partial charge in [0.15, 0.2) is 0 Å². The largest absolute Gasteiger partial charge is 1.00 e. The van der Waals surface area contributed by atoms with Gasteiger partial charge in [-0.25, -0.2) is 0 Å². The summed E-state index contributed by atoms with van der Waals surface area (Å²) in [6, 6.07) is 0. The van der Waals surface area contributed by atoms with Gasteiger partial charge in [-0.2, -0.15) is 6.42 Å². The first-order valence-electron chi connectivity index (χ1n) is 1.41. The summed E-state index contributed by atoms with van der Waals surface area (Å²) in [5.41, 5.74) is 4.97. The van der Waals surface area contributed by atoms with E-state index in [0.717, 1.165) is 6.42 Å². The van der Waals surface area contributed by atoms with Gasteiger partial charge in [0, 0.05) is 0 Å². The summed E-state index contributed by atoms with van der Waals surface area (Å²) < 4.78 is 0. The van der Waals surface area contributed by atoms with Crippen molar-refractivity contribution in [3.8, 4) is 0 Å². The van der Waals surface area contributed by atoms with Crippen LogP contribution in [-0.2, 0) is 0 Å². The van der Waals surface area contributed by atoms with E-state index in [0.29, 0.717) is 6.54 Å². The van der Waals surface area contributed by atoms with E-state index in [-0.39, 0.29) is 63.8 Å². The summed E-state index contributed by atoms with van der Waals surface area (Å²) in [5.74, 6) is 0. The van der Waals surface area contributed by atoms with Crippen LogP contribution in [0.2, 0.25) is 0 Å². The molecule has 0 aromatic heterocycles. The zero-order valence-corrected chi connectivity index (χ0v) is 8.05. The van der Waals surface area contributed by atoms with Crippen molar-refractivity contribution in [3.05, 3.63) is 6.92 Å². The van der Waals surface area contributed by atoms with Crippen molar-refractivity contribution in [1.82, 2.24) is 0 Å².